The first-order valence-electron chi connectivity index (χ1n) is 6.53. The van der Waals surface area contributed by atoms with Crippen molar-refractivity contribution < 1.29 is 9.26 Å². The van der Waals surface area contributed by atoms with Crippen molar-refractivity contribution in [3.63, 3.8) is 0 Å². The third-order valence-electron chi connectivity index (χ3n) is 2.93. The Morgan fingerprint density at radius 3 is 2.67 bits per heavy atom. The van der Waals surface area contributed by atoms with Crippen molar-refractivity contribution in [2.75, 3.05) is 0 Å². The van der Waals surface area contributed by atoms with Crippen LogP contribution in [0.15, 0.2) is 59.1 Å². The second-order valence-corrected chi connectivity index (χ2v) is 4.98. The Bertz CT molecular complexity index is 728. The van der Waals surface area contributed by atoms with Gasteiger partial charge in [-0.2, -0.15) is 4.98 Å². The maximum absolute atomic E-state index is 5.93. The fourth-order valence-corrected chi connectivity index (χ4v) is 2.08. The molecule has 0 saturated carbocycles. The highest BCUT2D eigenvalue weighted by atomic mass is 35.5. The fourth-order valence-electron chi connectivity index (χ4n) is 1.90. The maximum Gasteiger partial charge on any atom is 0.267 e. The van der Waals surface area contributed by atoms with E-state index < -0.39 is 0 Å². The van der Waals surface area contributed by atoms with Crippen LogP contribution in [0.2, 0.25) is 5.02 Å². The van der Waals surface area contributed by atoms with E-state index in [1.807, 2.05) is 49.4 Å². The van der Waals surface area contributed by atoms with E-state index in [9.17, 15) is 0 Å². The van der Waals surface area contributed by atoms with E-state index in [1.54, 1.807) is 12.1 Å². The molecule has 21 heavy (non-hydrogen) atoms. The predicted molar refractivity (Wildman–Crippen MR) is 80.2 cm³/mol. The molecule has 0 N–H and O–H groups in total. The fraction of sp³-hybridized carbons (Fsp3) is 0.125. The molecular weight excluding hydrogens is 288 g/mol. The Balaban J connectivity index is 1.77. The van der Waals surface area contributed by atoms with Gasteiger partial charge in [0.1, 0.15) is 5.75 Å². The molecule has 106 valence electrons. The first-order valence-corrected chi connectivity index (χ1v) is 6.91. The number of aromatic nitrogens is 2. The Kier molecular flexibility index (Phi) is 3.88. The number of rotatable bonds is 4. The summed E-state index contributed by atoms with van der Waals surface area (Å²) in [7, 11) is 0. The summed E-state index contributed by atoms with van der Waals surface area (Å²) in [5.74, 6) is 1.63. The molecule has 4 nitrogen and oxygen atoms in total. The molecule has 0 bridgehead atoms. The van der Waals surface area contributed by atoms with Crippen molar-refractivity contribution >= 4 is 11.6 Å². The summed E-state index contributed by atoms with van der Waals surface area (Å²) >= 11 is 5.93. The molecule has 1 aromatic heterocycles. The van der Waals surface area contributed by atoms with Gasteiger partial charge in [0.2, 0.25) is 5.82 Å². The van der Waals surface area contributed by atoms with Crippen LogP contribution in [0, 0.1) is 0 Å². The lowest BCUT2D eigenvalue weighted by atomic mass is 10.2. The lowest BCUT2D eigenvalue weighted by Gasteiger charge is -2.10. The van der Waals surface area contributed by atoms with Gasteiger partial charge in [0, 0.05) is 10.6 Å². The molecule has 0 spiro atoms. The normalized spacial score (nSPS) is 12.1. The zero-order valence-electron chi connectivity index (χ0n) is 11.4. The summed E-state index contributed by atoms with van der Waals surface area (Å²) in [6, 6.07) is 16.8. The van der Waals surface area contributed by atoms with E-state index in [2.05, 4.69) is 10.1 Å². The van der Waals surface area contributed by atoms with Gasteiger partial charge in [0.25, 0.3) is 5.89 Å². The molecule has 0 fully saturated rings. The minimum Gasteiger partial charge on any atom is -0.481 e. The van der Waals surface area contributed by atoms with Crippen LogP contribution in [0.1, 0.15) is 18.9 Å². The Labute approximate surface area is 127 Å². The van der Waals surface area contributed by atoms with Crippen LogP contribution in [0.25, 0.3) is 11.4 Å². The second-order valence-electron chi connectivity index (χ2n) is 4.54. The average molecular weight is 301 g/mol. The topological polar surface area (TPSA) is 48.2 Å². The molecule has 0 saturated heterocycles. The Morgan fingerprint density at radius 2 is 1.90 bits per heavy atom. The Morgan fingerprint density at radius 1 is 1.10 bits per heavy atom. The van der Waals surface area contributed by atoms with Crippen LogP contribution in [-0.4, -0.2) is 10.1 Å². The quantitative estimate of drug-likeness (QED) is 0.710. The number of hydrogen-bond acceptors (Lipinski definition) is 4. The number of ether oxygens (including phenoxy) is 1. The molecule has 3 rings (SSSR count). The van der Waals surface area contributed by atoms with Crippen LogP contribution >= 0.6 is 11.6 Å². The zero-order valence-corrected chi connectivity index (χ0v) is 12.1. The van der Waals surface area contributed by atoms with Gasteiger partial charge in [0.05, 0.1) is 0 Å². The van der Waals surface area contributed by atoms with E-state index in [1.165, 1.54) is 0 Å². The van der Waals surface area contributed by atoms with Gasteiger partial charge in [0.15, 0.2) is 6.10 Å². The minimum atomic E-state index is -0.353. The van der Waals surface area contributed by atoms with Crippen molar-refractivity contribution in [2.24, 2.45) is 0 Å². The van der Waals surface area contributed by atoms with Gasteiger partial charge in [-0.25, -0.2) is 0 Å². The van der Waals surface area contributed by atoms with Crippen molar-refractivity contribution in [1.82, 2.24) is 10.1 Å². The SMILES string of the molecule is C[C@H](Oc1cccc(Cl)c1)c1nc(-c2ccccc2)no1. The number of benzene rings is 2. The van der Waals surface area contributed by atoms with Crippen molar-refractivity contribution in [3.8, 4) is 17.1 Å². The molecule has 2 aromatic carbocycles. The van der Waals surface area contributed by atoms with Gasteiger partial charge in [-0.1, -0.05) is 53.2 Å². The molecule has 0 unspecified atom stereocenters. The smallest absolute Gasteiger partial charge is 0.267 e. The standard InChI is InChI=1S/C16H13ClN2O2/c1-11(20-14-9-5-8-13(17)10-14)16-18-15(19-21-16)12-6-3-2-4-7-12/h2-11H,1H3/t11-/m0/s1. The van der Waals surface area contributed by atoms with Crippen molar-refractivity contribution in [1.29, 1.82) is 0 Å². The molecule has 3 aromatic rings. The highest BCUT2D eigenvalue weighted by Gasteiger charge is 2.16. The van der Waals surface area contributed by atoms with Crippen LogP contribution in [0.3, 0.4) is 0 Å². The van der Waals surface area contributed by atoms with E-state index in [4.69, 9.17) is 20.9 Å². The molecule has 0 amide bonds. The van der Waals surface area contributed by atoms with Gasteiger partial charge >= 0.3 is 0 Å². The summed E-state index contributed by atoms with van der Waals surface area (Å²) in [4.78, 5) is 4.36. The van der Waals surface area contributed by atoms with E-state index in [0.717, 1.165) is 5.56 Å². The average Bonchev–Trinajstić information content (AvgIpc) is 2.98. The Hall–Kier alpha value is -2.33. The van der Waals surface area contributed by atoms with E-state index in [-0.39, 0.29) is 6.10 Å². The van der Waals surface area contributed by atoms with Crippen LogP contribution in [-0.2, 0) is 0 Å². The van der Waals surface area contributed by atoms with Crippen LogP contribution < -0.4 is 4.74 Å². The van der Waals surface area contributed by atoms with Crippen LogP contribution in [0.5, 0.6) is 5.75 Å². The minimum absolute atomic E-state index is 0.353. The lowest BCUT2D eigenvalue weighted by molar-refractivity contribution is 0.176. The molecule has 0 radical (unpaired) electrons. The van der Waals surface area contributed by atoms with E-state index in [0.29, 0.717) is 22.5 Å². The van der Waals surface area contributed by atoms with Crippen LogP contribution in [0.4, 0.5) is 0 Å². The van der Waals surface area contributed by atoms with Gasteiger partial charge in [-0.05, 0) is 25.1 Å². The summed E-state index contributed by atoms with van der Waals surface area (Å²) in [5.41, 5.74) is 0.905. The molecule has 0 aliphatic heterocycles. The highest BCUT2D eigenvalue weighted by molar-refractivity contribution is 6.30. The lowest BCUT2D eigenvalue weighted by Crippen LogP contribution is -2.03. The van der Waals surface area contributed by atoms with E-state index >= 15 is 0 Å². The monoisotopic (exact) mass is 300 g/mol. The number of halogens is 1. The van der Waals surface area contributed by atoms with Gasteiger partial charge in [-0.15, -0.1) is 0 Å². The number of nitrogens with zero attached hydrogens (tertiary/aromatic N) is 2. The third-order valence-corrected chi connectivity index (χ3v) is 3.17. The number of hydrogen-bond donors (Lipinski definition) is 0. The molecule has 1 atom stereocenters. The highest BCUT2D eigenvalue weighted by Crippen LogP contribution is 2.24. The van der Waals surface area contributed by atoms with Crippen molar-refractivity contribution in [3.05, 3.63) is 65.5 Å². The second kappa shape index (κ2) is 5.97. The zero-order chi connectivity index (χ0) is 14.7. The van der Waals surface area contributed by atoms with Crippen molar-refractivity contribution in [2.45, 2.75) is 13.0 Å². The summed E-state index contributed by atoms with van der Waals surface area (Å²) in [6.45, 7) is 1.85. The first-order chi connectivity index (χ1) is 10.2. The molecule has 1 heterocycles. The van der Waals surface area contributed by atoms with Gasteiger partial charge in [-0.3, -0.25) is 0 Å². The molecule has 5 heteroatoms. The maximum atomic E-state index is 5.93. The third kappa shape index (κ3) is 3.23. The summed E-state index contributed by atoms with van der Waals surface area (Å²) in [5, 5.41) is 4.60. The predicted octanol–water partition coefficient (Wildman–Crippen LogP) is 4.53. The molecule has 0 aliphatic rings. The largest absolute Gasteiger partial charge is 0.481 e. The molecule has 0 aliphatic carbocycles. The molecular formula is C16H13ClN2O2. The summed E-state index contributed by atoms with van der Waals surface area (Å²) < 4.78 is 11.0. The summed E-state index contributed by atoms with van der Waals surface area (Å²) in [6.07, 6.45) is -0.353. The first kappa shape index (κ1) is 13.6. The van der Waals surface area contributed by atoms with Gasteiger partial charge < -0.3 is 9.26 Å².